The van der Waals surface area contributed by atoms with Crippen molar-refractivity contribution in [2.75, 3.05) is 50.5 Å². The van der Waals surface area contributed by atoms with Crippen LogP contribution >= 0.6 is 0 Å². The van der Waals surface area contributed by atoms with Gasteiger partial charge in [0.15, 0.2) is 0 Å². The summed E-state index contributed by atoms with van der Waals surface area (Å²) in [5.41, 5.74) is 3.51. The third-order valence-corrected chi connectivity index (χ3v) is 7.99. The number of anilines is 2. The van der Waals surface area contributed by atoms with Crippen LogP contribution < -0.4 is 15.5 Å². The van der Waals surface area contributed by atoms with Gasteiger partial charge in [-0.2, -0.15) is 13.2 Å². The highest BCUT2D eigenvalue weighted by atomic mass is 19.4. The molecule has 11 heteroatoms. The van der Waals surface area contributed by atoms with E-state index in [1.807, 2.05) is 85.5 Å². The van der Waals surface area contributed by atoms with Crippen molar-refractivity contribution in [2.24, 2.45) is 0 Å². The second-order valence-corrected chi connectivity index (χ2v) is 11.5. The Labute approximate surface area is 254 Å². The lowest BCUT2D eigenvalue weighted by Gasteiger charge is -2.37. The largest absolute Gasteiger partial charge is 0.416 e. The van der Waals surface area contributed by atoms with Crippen LogP contribution in [0.5, 0.6) is 0 Å². The number of rotatable bonds is 8. The molecule has 5 rings (SSSR count). The Morgan fingerprint density at radius 1 is 0.955 bits per heavy atom. The van der Waals surface area contributed by atoms with Gasteiger partial charge in [-0.15, -0.1) is 0 Å². The molecule has 1 fully saturated rings. The standard InChI is InChI=1S/C33H37F3N6O2/c1-22(28-20-37-29-10-5-4-9-27(28)29)30(31(43)38-25-8-6-7-23(19-25)21-40(2)3)39-32(44)42-17-15-41(16-18-42)26-13-11-24(12-14-26)33(34,35)36/h4-14,19-20,22,30,37H,15-18,21H2,1-3H3,(H,38,43)(H,39,44)/t22-,30+/m0/s1. The van der Waals surface area contributed by atoms with Crippen LogP contribution in [0.25, 0.3) is 10.9 Å². The zero-order valence-electron chi connectivity index (χ0n) is 25.0. The van der Waals surface area contributed by atoms with E-state index >= 15 is 0 Å². The lowest BCUT2D eigenvalue weighted by atomic mass is 9.92. The van der Waals surface area contributed by atoms with Gasteiger partial charge >= 0.3 is 12.2 Å². The van der Waals surface area contributed by atoms with Crippen LogP contribution in [-0.2, 0) is 17.5 Å². The molecule has 0 aliphatic carbocycles. The van der Waals surface area contributed by atoms with Gasteiger partial charge in [-0.25, -0.2) is 4.79 Å². The molecule has 2 heterocycles. The van der Waals surface area contributed by atoms with Crippen LogP contribution in [-0.4, -0.2) is 73.0 Å². The van der Waals surface area contributed by atoms with Crippen molar-refractivity contribution in [1.29, 1.82) is 0 Å². The summed E-state index contributed by atoms with van der Waals surface area (Å²) in [5, 5.41) is 6.98. The van der Waals surface area contributed by atoms with Crippen molar-refractivity contribution in [3.63, 3.8) is 0 Å². The lowest BCUT2D eigenvalue weighted by Crippen LogP contribution is -2.56. The highest BCUT2D eigenvalue weighted by molar-refractivity contribution is 5.98. The summed E-state index contributed by atoms with van der Waals surface area (Å²) in [4.78, 5) is 36.3. The Kier molecular flexibility index (Phi) is 9.14. The molecule has 0 unspecified atom stereocenters. The predicted octanol–water partition coefficient (Wildman–Crippen LogP) is 5.89. The maximum Gasteiger partial charge on any atom is 0.416 e. The number of urea groups is 1. The van der Waals surface area contributed by atoms with E-state index in [9.17, 15) is 22.8 Å². The Morgan fingerprint density at radius 2 is 1.66 bits per heavy atom. The molecule has 0 saturated carbocycles. The summed E-state index contributed by atoms with van der Waals surface area (Å²) < 4.78 is 38.9. The lowest BCUT2D eigenvalue weighted by molar-refractivity contribution is -0.137. The van der Waals surface area contributed by atoms with Gasteiger partial charge in [-0.3, -0.25) is 4.79 Å². The van der Waals surface area contributed by atoms with Gasteiger partial charge in [0.2, 0.25) is 5.91 Å². The van der Waals surface area contributed by atoms with Crippen LogP contribution in [0.1, 0.15) is 29.5 Å². The number of nitrogens with one attached hydrogen (secondary N) is 3. The molecule has 4 aromatic rings. The zero-order valence-corrected chi connectivity index (χ0v) is 25.0. The van der Waals surface area contributed by atoms with E-state index in [0.717, 1.165) is 34.2 Å². The number of amides is 3. The minimum absolute atomic E-state index is 0.332. The van der Waals surface area contributed by atoms with Gasteiger partial charge in [-0.1, -0.05) is 37.3 Å². The number of halogens is 3. The number of carbonyl (C=O) groups is 2. The molecule has 44 heavy (non-hydrogen) atoms. The van der Waals surface area contributed by atoms with Crippen LogP contribution in [0.3, 0.4) is 0 Å². The number of hydrogen-bond donors (Lipinski definition) is 3. The van der Waals surface area contributed by atoms with Crippen molar-refractivity contribution in [1.82, 2.24) is 20.1 Å². The number of alkyl halides is 3. The van der Waals surface area contributed by atoms with Crippen molar-refractivity contribution >= 4 is 34.2 Å². The minimum Gasteiger partial charge on any atom is -0.368 e. The summed E-state index contributed by atoms with van der Waals surface area (Å²) >= 11 is 0. The molecule has 1 aliphatic heterocycles. The molecule has 0 spiro atoms. The van der Waals surface area contributed by atoms with E-state index in [0.29, 0.717) is 44.1 Å². The number of carbonyl (C=O) groups excluding carboxylic acids is 2. The molecular weight excluding hydrogens is 569 g/mol. The molecule has 3 amide bonds. The zero-order chi connectivity index (χ0) is 31.4. The van der Waals surface area contributed by atoms with E-state index in [4.69, 9.17) is 0 Å². The Hall–Kier alpha value is -4.51. The fraction of sp³-hybridized carbons (Fsp3) is 0.333. The van der Waals surface area contributed by atoms with E-state index in [2.05, 4.69) is 15.6 Å². The number of piperazine rings is 1. The number of benzene rings is 3. The number of H-pyrrole nitrogens is 1. The number of hydrogen-bond acceptors (Lipinski definition) is 4. The summed E-state index contributed by atoms with van der Waals surface area (Å²) in [6.07, 6.45) is -2.51. The van der Waals surface area contributed by atoms with Crippen LogP contribution in [0.15, 0.2) is 79.0 Å². The first-order valence-corrected chi connectivity index (χ1v) is 14.6. The second kappa shape index (κ2) is 13.0. The summed E-state index contributed by atoms with van der Waals surface area (Å²) in [7, 11) is 3.95. The van der Waals surface area contributed by atoms with E-state index in [-0.39, 0.29) is 17.9 Å². The van der Waals surface area contributed by atoms with Crippen molar-refractivity contribution in [3.8, 4) is 0 Å². The molecule has 1 aromatic heterocycles. The maximum atomic E-state index is 13.8. The molecule has 2 atom stereocenters. The van der Waals surface area contributed by atoms with E-state index < -0.39 is 17.8 Å². The quantitative estimate of drug-likeness (QED) is 0.234. The van der Waals surface area contributed by atoms with Crippen LogP contribution in [0, 0.1) is 0 Å². The number of fused-ring (bicyclic) bond motifs is 1. The smallest absolute Gasteiger partial charge is 0.368 e. The van der Waals surface area contributed by atoms with Crippen LogP contribution in [0.2, 0.25) is 0 Å². The molecule has 0 radical (unpaired) electrons. The fourth-order valence-corrected chi connectivity index (χ4v) is 5.65. The number of aromatic nitrogens is 1. The highest BCUT2D eigenvalue weighted by Gasteiger charge is 2.33. The summed E-state index contributed by atoms with van der Waals surface area (Å²) in [5.74, 6) is -0.699. The Bertz CT molecular complexity index is 1590. The predicted molar refractivity (Wildman–Crippen MR) is 167 cm³/mol. The Morgan fingerprint density at radius 3 is 2.34 bits per heavy atom. The van der Waals surface area contributed by atoms with E-state index in [1.54, 1.807) is 4.90 Å². The molecule has 3 aromatic carbocycles. The third kappa shape index (κ3) is 7.16. The van der Waals surface area contributed by atoms with Gasteiger partial charge in [0.1, 0.15) is 6.04 Å². The first kappa shape index (κ1) is 30.9. The van der Waals surface area contributed by atoms with Crippen LogP contribution in [0.4, 0.5) is 29.3 Å². The van der Waals surface area contributed by atoms with Crippen molar-refractivity contribution < 1.29 is 22.8 Å². The van der Waals surface area contributed by atoms with Gasteiger partial charge in [0, 0.05) is 67.1 Å². The molecule has 1 aliphatic rings. The molecule has 8 nitrogen and oxygen atoms in total. The summed E-state index contributed by atoms with van der Waals surface area (Å²) in [6.45, 7) is 4.25. The van der Waals surface area contributed by atoms with Gasteiger partial charge in [0.05, 0.1) is 5.56 Å². The maximum absolute atomic E-state index is 13.8. The number of nitrogens with zero attached hydrogens (tertiary/aromatic N) is 3. The molecule has 3 N–H and O–H groups in total. The number of aromatic amines is 1. The first-order chi connectivity index (χ1) is 21.0. The second-order valence-electron chi connectivity index (χ2n) is 11.5. The molecule has 1 saturated heterocycles. The monoisotopic (exact) mass is 606 g/mol. The van der Waals surface area contributed by atoms with Gasteiger partial charge in [0.25, 0.3) is 0 Å². The highest BCUT2D eigenvalue weighted by Crippen LogP contribution is 2.31. The fourth-order valence-electron chi connectivity index (χ4n) is 5.65. The normalized spacial score (nSPS) is 15.3. The van der Waals surface area contributed by atoms with Crippen molar-refractivity contribution in [3.05, 3.63) is 95.7 Å². The average Bonchev–Trinajstić information content (AvgIpc) is 3.43. The van der Waals surface area contributed by atoms with E-state index in [1.165, 1.54) is 12.1 Å². The molecule has 0 bridgehead atoms. The first-order valence-electron chi connectivity index (χ1n) is 14.6. The minimum atomic E-state index is -4.39. The average molecular weight is 607 g/mol. The number of para-hydroxylation sites is 1. The summed E-state index contributed by atoms with van der Waals surface area (Å²) in [6, 6.07) is 19.2. The topological polar surface area (TPSA) is 83.7 Å². The molecular formula is C33H37F3N6O2. The van der Waals surface area contributed by atoms with Gasteiger partial charge in [-0.05, 0) is 67.7 Å². The molecule has 232 valence electrons. The van der Waals surface area contributed by atoms with Crippen molar-refractivity contribution in [2.45, 2.75) is 31.6 Å². The van der Waals surface area contributed by atoms with Gasteiger partial charge < -0.3 is 30.3 Å². The third-order valence-electron chi connectivity index (χ3n) is 7.99. The SMILES string of the molecule is C[C@@H](c1c[nH]c2ccccc12)[C@@H](NC(=O)N1CCN(c2ccc(C(F)(F)F)cc2)CC1)C(=O)Nc1cccc(CN(C)C)c1. The Balaban J connectivity index is 1.31.